The van der Waals surface area contributed by atoms with Crippen molar-refractivity contribution in [2.45, 2.75) is 45.4 Å². The summed E-state index contributed by atoms with van der Waals surface area (Å²) in [6.07, 6.45) is 6.67. The van der Waals surface area contributed by atoms with Gasteiger partial charge in [0, 0.05) is 6.54 Å². The summed E-state index contributed by atoms with van der Waals surface area (Å²) in [5.74, 6) is 0.0317. The van der Waals surface area contributed by atoms with Gasteiger partial charge in [-0.15, -0.1) is 12.4 Å². The van der Waals surface area contributed by atoms with Crippen LogP contribution in [-0.2, 0) is 9.53 Å². The fraction of sp³-hybridized carbons (Fsp3) is 0.923. The predicted octanol–water partition coefficient (Wildman–Crippen LogP) is 2.53. The fourth-order valence-corrected chi connectivity index (χ4v) is 3.44. The molecule has 3 rings (SSSR count). The van der Waals surface area contributed by atoms with E-state index in [9.17, 15) is 4.79 Å². The SMILES string of the molecule is CCNCC12CCC(C(=O)OC)(CC1)CC2.Cl. The Morgan fingerprint density at radius 2 is 1.71 bits per heavy atom. The first-order chi connectivity index (χ1) is 7.66. The lowest BCUT2D eigenvalue weighted by atomic mass is 9.53. The van der Waals surface area contributed by atoms with Crippen LogP contribution in [0.1, 0.15) is 45.4 Å². The number of carbonyl (C=O) groups is 1. The van der Waals surface area contributed by atoms with Crippen LogP contribution in [0.4, 0.5) is 0 Å². The normalized spacial score (nSPS) is 35.2. The number of rotatable bonds is 4. The van der Waals surface area contributed by atoms with Gasteiger partial charge in [-0.2, -0.15) is 0 Å². The predicted molar refractivity (Wildman–Crippen MR) is 70.4 cm³/mol. The lowest BCUT2D eigenvalue weighted by molar-refractivity contribution is -0.162. The minimum Gasteiger partial charge on any atom is -0.469 e. The number of halogens is 1. The van der Waals surface area contributed by atoms with Gasteiger partial charge in [0.25, 0.3) is 0 Å². The van der Waals surface area contributed by atoms with Crippen molar-refractivity contribution in [3.63, 3.8) is 0 Å². The molecule has 0 atom stereocenters. The zero-order valence-corrected chi connectivity index (χ0v) is 11.7. The largest absolute Gasteiger partial charge is 0.469 e. The monoisotopic (exact) mass is 261 g/mol. The van der Waals surface area contributed by atoms with Crippen molar-refractivity contribution < 1.29 is 9.53 Å². The molecule has 2 bridgehead atoms. The summed E-state index contributed by atoms with van der Waals surface area (Å²) in [4.78, 5) is 11.8. The molecule has 4 heteroatoms. The van der Waals surface area contributed by atoms with Crippen LogP contribution in [0, 0.1) is 10.8 Å². The third-order valence-electron chi connectivity index (χ3n) is 4.77. The van der Waals surface area contributed by atoms with Gasteiger partial charge in [-0.05, 0) is 50.5 Å². The van der Waals surface area contributed by atoms with Crippen LogP contribution in [0.25, 0.3) is 0 Å². The molecule has 3 aliphatic rings. The fourth-order valence-electron chi connectivity index (χ4n) is 3.44. The summed E-state index contributed by atoms with van der Waals surface area (Å²) >= 11 is 0. The van der Waals surface area contributed by atoms with Gasteiger partial charge in [-0.3, -0.25) is 4.79 Å². The molecule has 0 amide bonds. The Hall–Kier alpha value is -0.280. The number of hydrogen-bond donors (Lipinski definition) is 1. The third-order valence-corrected chi connectivity index (χ3v) is 4.77. The van der Waals surface area contributed by atoms with E-state index in [1.54, 1.807) is 0 Å². The molecular weight excluding hydrogens is 238 g/mol. The number of nitrogens with one attached hydrogen (secondary N) is 1. The number of fused-ring (bicyclic) bond motifs is 3. The Morgan fingerprint density at radius 3 is 2.12 bits per heavy atom. The Balaban J connectivity index is 0.00000144. The second-order valence-electron chi connectivity index (χ2n) is 5.55. The van der Waals surface area contributed by atoms with Crippen molar-refractivity contribution in [1.82, 2.24) is 5.32 Å². The van der Waals surface area contributed by atoms with Crippen molar-refractivity contribution >= 4 is 18.4 Å². The second kappa shape index (κ2) is 5.57. The van der Waals surface area contributed by atoms with Crippen LogP contribution in [0.2, 0.25) is 0 Å². The van der Waals surface area contributed by atoms with E-state index >= 15 is 0 Å². The summed E-state index contributed by atoms with van der Waals surface area (Å²) in [5, 5.41) is 3.47. The molecule has 0 radical (unpaired) electrons. The van der Waals surface area contributed by atoms with Gasteiger partial charge in [0.1, 0.15) is 0 Å². The molecule has 0 aromatic rings. The summed E-state index contributed by atoms with van der Waals surface area (Å²) in [6.45, 7) is 4.33. The summed E-state index contributed by atoms with van der Waals surface area (Å²) in [7, 11) is 1.52. The number of esters is 1. The zero-order chi connectivity index (χ0) is 11.6. The van der Waals surface area contributed by atoms with Crippen molar-refractivity contribution in [2.75, 3.05) is 20.2 Å². The Labute approximate surface area is 110 Å². The van der Waals surface area contributed by atoms with E-state index in [0.29, 0.717) is 5.41 Å². The number of carbonyl (C=O) groups excluding carboxylic acids is 1. The first-order valence-corrected chi connectivity index (χ1v) is 6.46. The van der Waals surface area contributed by atoms with Crippen LogP contribution >= 0.6 is 12.4 Å². The standard InChI is InChI=1S/C13H23NO2.ClH/c1-3-14-10-12-4-7-13(8-5-12,9-6-12)11(15)16-2;/h14H,3-10H2,1-2H3;1H. The molecule has 17 heavy (non-hydrogen) atoms. The van der Waals surface area contributed by atoms with Crippen LogP contribution in [0.5, 0.6) is 0 Å². The summed E-state index contributed by atoms with van der Waals surface area (Å²) < 4.78 is 4.97. The van der Waals surface area contributed by atoms with E-state index in [4.69, 9.17) is 4.74 Å². The van der Waals surface area contributed by atoms with Gasteiger partial charge in [0.05, 0.1) is 12.5 Å². The molecule has 0 unspecified atom stereocenters. The van der Waals surface area contributed by atoms with Crippen LogP contribution in [0.3, 0.4) is 0 Å². The van der Waals surface area contributed by atoms with Crippen LogP contribution < -0.4 is 5.32 Å². The molecule has 0 spiro atoms. The highest BCUT2D eigenvalue weighted by atomic mass is 35.5. The van der Waals surface area contributed by atoms with Gasteiger partial charge in [-0.25, -0.2) is 0 Å². The average molecular weight is 262 g/mol. The van der Waals surface area contributed by atoms with Gasteiger partial charge in [0.2, 0.25) is 0 Å². The van der Waals surface area contributed by atoms with E-state index in [2.05, 4.69) is 12.2 Å². The Morgan fingerprint density at radius 1 is 1.18 bits per heavy atom. The molecule has 3 saturated carbocycles. The highest BCUT2D eigenvalue weighted by Crippen LogP contribution is 2.56. The second-order valence-corrected chi connectivity index (χ2v) is 5.55. The Bertz CT molecular complexity index is 256. The maximum absolute atomic E-state index is 11.8. The van der Waals surface area contributed by atoms with Crippen LogP contribution in [0.15, 0.2) is 0 Å². The molecule has 0 aromatic heterocycles. The van der Waals surface area contributed by atoms with E-state index in [0.717, 1.165) is 32.4 Å². The number of methoxy groups -OCH3 is 1. The van der Waals surface area contributed by atoms with Crippen molar-refractivity contribution in [3.8, 4) is 0 Å². The quantitative estimate of drug-likeness (QED) is 0.791. The average Bonchev–Trinajstić information content (AvgIpc) is 2.37. The molecular formula is C13H24ClNO2. The highest BCUT2D eigenvalue weighted by Gasteiger charge is 2.52. The van der Waals surface area contributed by atoms with E-state index in [1.165, 1.54) is 26.4 Å². The molecule has 0 aliphatic heterocycles. The van der Waals surface area contributed by atoms with E-state index in [1.807, 2.05) is 0 Å². The summed E-state index contributed by atoms with van der Waals surface area (Å²) in [5.41, 5.74) is 0.356. The smallest absolute Gasteiger partial charge is 0.311 e. The number of ether oxygens (including phenoxy) is 1. The lowest BCUT2D eigenvalue weighted by Gasteiger charge is -2.52. The molecule has 1 N–H and O–H groups in total. The first-order valence-electron chi connectivity index (χ1n) is 6.46. The summed E-state index contributed by atoms with van der Waals surface area (Å²) in [6, 6.07) is 0. The van der Waals surface area contributed by atoms with Crippen molar-refractivity contribution in [1.29, 1.82) is 0 Å². The maximum atomic E-state index is 11.8. The van der Waals surface area contributed by atoms with Crippen molar-refractivity contribution in [3.05, 3.63) is 0 Å². The van der Waals surface area contributed by atoms with E-state index in [-0.39, 0.29) is 23.8 Å². The van der Waals surface area contributed by atoms with Gasteiger partial charge < -0.3 is 10.1 Å². The highest BCUT2D eigenvalue weighted by molar-refractivity contribution is 5.85. The minimum atomic E-state index is -0.122. The molecule has 0 saturated heterocycles. The molecule has 100 valence electrons. The van der Waals surface area contributed by atoms with Gasteiger partial charge in [0.15, 0.2) is 0 Å². The maximum Gasteiger partial charge on any atom is 0.311 e. The molecule has 3 aliphatic carbocycles. The van der Waals surface area contributed by atoms with Crippen molar-refractivity contribution in [2.24, 2.45) is 10.8 Å². The van der Waals surface area contributed by atoms with Crippen LogP contribution in [-0.4, -0.2) is 26.2 Å². The number of hydrogen-bond acceptors (Lipinski definition) is 3. The molecule has 3 nitrogen and oxygen atoms in total. The minimum absolute atomic E-state index is 0. The third kappa shape index (κ3) is 2.60. The van der Waals surface area contributed by atoms with Gasteiger partial charge >= 0.3 is 5.97 Å². The van der Waals surface area contributed by atoms with Gasteiger partial charge in [-0.1, -0.05) is 6.92 Å². The Kier molecular flexibility index (Phi) is 4.85. The van der Waals surface area contributed by atoms with E-state index < -0.39 is 0 Å². The molecule has 0 aromatic carbocycles. The first kappa shape index (κ1) is 14.8. The molecule has 3 fully saturated rings. The molecule has 0 heterocycles. The topological polar surface area (TPSA) is 38.3 Å². The zero-order valence-electron chi connectivity index (χ0n) is 10.9. The lowest BCUT2D eigenvalue weighted by Crippen LogP contribution is -2.49.